The van der Waals surface area contributed by atoms with Crippen molar-refractivity contribution in [2.75, 3.05) is 0 Å². The predicted octanol–water partition coefficient (Wildman–Crippen LogP) is 1.06. The number of nitrogens with one attached hydrogen (secondary N) is 2. The second kappa shape index (κ2) is 3.69. The van der Waals surface area contributed by atoms with Crippen molar-refractivity contribution in [1.82, 2.24) is 10.9 Å². The monoisotopic (exact) mass is 191 g/mol. The zero-order valence-corrected chi connectivity index (χ0v) is 8.62. The molecule has 1 aliphatic rings. The van der Waals surface area contributed by atoms with Crippen LogP contribution in [-0.4, -0.2) is 6.17 Å². The van der Waals surface area contributed by atoms with Crippen LogP contribution in [0.1, 0.15) is 24.1 Å². The van der Waals surface area contributed by atoms with E-state index in [0.29, 0.717) is 12.0 Å². The van der Waals surface area contributed by atoms with Crippen molar-refractivity contribution in [3.8, 4) is 0 Å². The van der Waals surface area contributed by atoms with Crippen LogP contribution in [0.4, 0.5) is 0 Å². The molecule has 3 nitrogen and oxygen atoms in total. The molecular weight excluding hydrogens is 174 g/mol. The Morgan fingerprint density at radius 1 is 1.29 bits per heavy atom. The van der Waals surface area contributed by atoms with E-state index in [-0.39, 0.29) is 6.17 Å². The molecule has 1 saturated heterocycles. The molecule has 1 aromatic rings. The van der Waals surface area contributed by atoms with Gasteiger partial charge in [-0.1, -0.05) is 36.8 Å². The summed E-state index contributed by atoms with van der Waals surface area (Å²) < 4.78 is 0. The van der Waals surface area contributed by atoms with Crippen LogP contribution >= 0.6 is 0 Å². The highest BCUT2D eigenvalue weighted by atomic mass is 15.4. The molecule has 0 radical (unpaired) electrons. The first-order valence-corrected chi connectivity index (χ1v) is 5.01. The standard InChI is InChI=1S/C11H17N3/c1-7-4-3-5-9(6-7)10-8(2)11(12)14-13-10/h3-6,8,10-11,13-14H,12H2,1-2H3. The van der Waals surface area contributed by atoms with Crippen LogP contribution in [0.5, 0.6) is 0 Å². The van der Waals surface area contributed by atoms with Gasteiger partial charge in [0.15, 0.2) is 0 Å². The molecule has 1 heterocycles. The Morgan fingerprint density at radius 3 is 2.64 bits per heavy atom. The largest absolute Gasteiger partial charge is 0.315 e. The number of benzene rings is 1. The van der Waals surface area contributed by atoms with Crippen molar-refractivity contribution in [3.05, 3.63) is 35.4 Å². The summed E-state index contributed by atoms with van der Waals surface area (Å²) in [5.41, 5.74) is 14.8. The van der Waals surface area contributed by atoms with E-state index in [4.69, 9.17) is 5.73 Å². The van der Waals surface area contributed by atoms with Crippen LogP contribution in [0.25, 0.3) is 0 Å². The van der Waals surface area contributed by atoms with Gasteiger partial charge in [-0.05, 0) is 12.5 Å². The van der Waals surface area contributed by atoms with E-state index in [1.54, 1.807) is 0 Å². The molecule has 1 fully saturated rings. The number of hydrogen-bond donors (Lipinski definition) is 3. The lowest BCUT2D eigenvalue weighted by atomic mass is 9.94. The van der Waals surface area contributed by atoms with Crippen molar-refractivity contribution in [2.24, 2.45) is 11.7 Å². The minimum absolute atomic E-state index is 0.0421. The summed E-state index contributed by atoms with van der Waals surface area (Å²) in [4.78, 5) is 0. The zero-order chi connectivity index (χ0) is 10.1. The third kappa shape index (κ3) is 1.66. The lowest BCUT2D eigenvalue weighted by Gasteiger charge is -2.16. The lowest BCUT2D eigenvalue weighted by Crippen LogP contribution is -2.38. The van der Waals surface area contributed by atoms with E-state index in [1.807, 2.05) is 0 Å². The highest BCUT2D eigenvalue weighted by Gasteiger charge is 2.30. The average molecular weight is 191 g/mol. The summed E-state index contributed by atoms with van der Waals surface area (Å²) in [6, 6.07) is 8.86. The van der Waals surface area contributed by atoms with Crippen molar-refractivity contribution in [2.45, 2.75) is 26.1 Å². The van der Waals surface area contributed by atoms with Crippen molar-refractivity contribution < 1.29 is 0 Å². The first kappa shape index (κ1) is 9.65. The van der Waals surface area contributed by atoms with Gasteiger partial charge in [0.05, 0.1) is 12.2 Å². The van der Waals surface area contributed by atoms with Gasteiger partial charge in [0.25, 0.3) is 0 Å². The Bertz CT molecular complexity index is 324. The molecule has 0 aliphatic carbocycles. The number of aryl methyl sites for hydroxylation is 1. The van der Waals surface area contributed by atoms with Gasteiger partial charge in [0.1, 0.15) is 0 Å². The maximum Gasteiger partial charge on any atom is 0.0723 e. The van der Waals surface area contributed by atoms with E-state index in [1.165, 1.54) is 11.1 Å². The molecule has 3 atom stereocenters. The lowest BCUT2D eigenvalue weighted by molar-refractivity contribution is 0.463. The van der Waals surface area contributed by atoms with E-state index >= 15 is 0 Å². The molecular formula is C11H17N3. The molecule has 0 bridgehead atoms. The highest BCUT2D eigenvalue weighted by Crippen LogP contribution is 2.26. The summed E-state index contributed by atoms with van der Waals surface area (Å²) in [6.07, 6.45) is 0.0421. The number of hydrogen-bond acceptors (Lipinski definition) is 3. The molecule has 1 aliphatic heterocycles. The van der Waals surface area contributed by atoms with E-state index in [2.05, 4.69) is 49.0 Å². The summed E-state index contributed by atoms with van der Waals surface area (Å²) >= 11 is 0. The molecule has 0 aromatic heterocycles. The fourth-order valence-corrected chi connectivity index (χ4v) is 1.91. The molecule has 4 N–H and O–H groups in total. The van der Waals surface area contributed by atoms with Gasteiger partial charge in [-0.2, -0.15) is 0 Å². The van der Waals surface area contributed by atoms with Crippen LogP contribution in [0.2, 0.25) is 0 Å². The second-order valence-corrected chi connectivity index (χ2v) is 4.07. The Hall–Kier alpha value is -0.900. The van der Waals surface area contributed by atoms with E-state index in [0.717, 1.165) is 0 Å². The molecule has 76 valence electrons. The second-order valence-electron chi connectivity index (χ2n) is 4.07. The van der Waals surface area contributed by atoms with Gasteiger partial charge in [-0.25, -0.2) is 10.9 Å². The molecule has 14 heavy (non-hydrogen) atoms. The van der Waals surface area contributed by atoms with Gasteiger partial charge >= 0.3 is 0 Å². The average Bonchev–Trinajstić information content (AvgIpc) is 2.48. The van der Waals surface area contributed by atoms with Crippen LogP contribution in [-0.2, 0) is 0 Å². The fourth-order valence-electron chi connectivity index (χ4n) is 1.91. The van der Waals surface area contributed by atoms with Gasteiger partial charge in [-0.3, -0.25) is 0 Å². The molecule has 0 spiro atoms. The molecule has 3 unspecified atom stereocenters. The Morgan fingerprint density at radius 2 is 2.07 bits per heavy atom. The number of hydrazine groups is 1. The van der Waals surface area contributed by atoms with Crippen LogP contribution in [0, 0.1) is 12.8 Å². The van der Waals surface area contributed by atoms with Crippen molar-refractivity contribution >= 4 is 0 Å². The Balaban J connectivity index is 2.23. The third-order valence-corrected chi connectivity index (χ3v) is 2.90. The van der Waals surface area contributed by atoms with Gasteiger partial charge < -0.3 is 5.73 Å². The summed E-state index contributed by atoms with van der Waals surface area (Å²) in [5, 5.41) is 0. The zero-order valence-electron chi connectivity index (χ0n) is 8.62. The minimum Gasteiger partial charge on any atom is -0.315 e. The molecule has 0 saturated carbocycles. The quantitative estimate of drug-likeness (QED) is 0.622. The topological polar surface area (TPSA) is 50.1 Å². The summed E-state index contributed by atoms with van der Waals surface area (Å²) in [7, 11) is 0. The van der Waals surface area contributed by atoms with E-state index < -0.39 is 0 Å². The predicted molar refractivity (Wildman–Crippen MR) is 57.3 cm³/mol. The molecule has 2 rings (SSSR count). The van der Waals surface area contributed by atoms with Crippen molar-refractivity contribution in [3.63, 3.8) is 0 Å². The van der Waals surface area contributed by atoms with Crippen LogP contribution in [0.15, 0.2) is 24.3 Å². The maximum absolute atomic E-state index is 5.87. The normalized spacial score (nSPS) is 32.1. The first-order chi connectivity index (χ1) is 6.68. The summed E-state index contributed by atoms with van der Waals surface area (Å²) in [5.74, 6) is 0.414. The van der Waals surface area contributed by atoms with Crippen LogP contribution in [0.3, 0.4) is 0 Å². The Labute approximate surface area is 84.7 Å². The molecule has 1 aromatic carbocycles. The van der Waals surface area contributed by atoms with Crippen molar-refractivity contribution in [1.29, 1.82) is 0 Å². The third-order valence-electron chi connectivity index (χ3n) is 2.90. The number of nitrogens with two attached hydrogens (primary N) is 1. The summed E-state index contributed by atoms with van der Waals surface area (Å²) in [6.45, 7) is 4.27. The minimum atomic E-state index is 0.0421. The number of rotatable bonds is 1. The smallest absolute Gasteiger partial charge is 0.0723 e. The fraction of sp³-hybridized carbons (Fsp3) is 0.455. The SMILES string of the molecule is Cc1cccc(C2NNC(N)C2C)c1. The Kier molecular flexibility index (Phi) is 2.54. The first-order valence-electron chi connectivity index (χ1n) is 5.01. The van der Waals surface area contributed by atoms with Crippen LogP contribution < -0.4 is 16.6 Å². The van der Waals surface area contributed by atoms with Gasteiger partial charge in [0.2, 0.25) is 0 Å². The maximum atomic E-state index is 5.87. The molecule has 3 heteroatoms. The van der Waals surface area contributed by atoms with Gasteiger partial charge in [-0.15, -0.1) is 0 Å². The molecule has 0 amide bonds. The van der Waals surface area contributed by atoms with Gasteiger partial charge in [0, 0.05) is 5.92 Å². The highest BCUT2D eigenvalue weighted by molar-refractivity contribution is 5.26. The van der Waals surface area contributed by atoms with E-state index in [9.17, 15) is 0 Å².